The zero-order chi connectivity index (χ0) is 12.4. The third kappa shape index (κ3) is 7.83. The van der Waals surface area contributed by atoms with Gasteiger partial charge >= 0.3 is 0 Å². The van der Waals surface area contributed by atoms with E-state index in [1.165, 1.54) is 25.7 Å². The standard InChI is InChI=1S/C13H24Br2O/c1-3-5-7-9-11(14)13(16)12(15)10-8-6-4-2/h11-12H,3-10H2,1-2H3. The molecule has 0 aromatic carbocycles. The van der Waals surface area contributed by atoms with E-state index in [2.05, 4.69) is 45.7 Å². The van der Waals surface area contributed by atoms with Crippen LogP contribution >= 0.6 is 31.9 Å². The van der Waals surface area contributed by atoms with Gasteiger partial charge in [0.2, 0.25) is 0 Å². The predicted octanol–water partition coefficient (Wildman–Crippen LogP) is 5.24. The molecule has 0 bridgehead atoms. The van der Waals surface area contributed by atoms with Gasteiger partial charge in [0.1, 0.15) is 0 Å². The number of alkyl halides is 2. The molecule has 0 radical (unpaired) electrons. The van der Waals surface area contributed by atoms with Crippen molar-refractivity contribution in [2.24, 2.45) is 0 Å². The molecule has 0 aliphatic rings. The SMILES string of the molecule is CCCCCC(Br)C(=O)C(Br)CCCCC. The van der Waals surface area contributed by atoms with Crippen LogP contribution in [0.25, 0.3) is 0 Å². The van der Waals surface area contributed by atoms with Gasteiger partial charge in [0.25, 0.3) is 0 Å². The number of Topliss-reactive ketones (excluding diaryl/α,β-unsaturated/α-hetero) is 1. The third-order valence-corrected chi connectivity index (χ3v) is 4.56. The summed E-state index contributed by atoms with van der Waals surface area (Å²) in [5.41, 5.74) is 0. The highest BCUT2D eigenvalue weighted by molar-refractivity contribution is 9.10. The van der Waals surface area contributed by atoms with E-state index in [1.807, 2.05) is 0 Å². The molecule has 0 fully saturated rings. The van der Waals surface area contributed by atoms with Crippen LogP contribution in [0.5, 0.6) is 0 Å². The second-order valence-corrected chi connectivity index (χ2v) is 6.54. The van der Waals surface area contributed by atoms with Gasteiger partial charge in [0, 0.05) is 0 Å². The van der Waals surface area contributed by atoms with Gasteiger partial charge < -0.3 is 0 Å². The second-order valence-electron chi connectivity index (χ2n) is 4.33. The summed E-state index contributed by atoms with van der Waals surface area (Å²) in [6, 6.07) is 0. The van der Waals surface area contributed by atoms with Crippen molar-refractivity contribution in [1.82, 2.24) is 0 Å². The average molecular weight is 356 g/mol. The second kappa shape index (κ2) is 10.8. The molecule has 0 aromatic rings. The molecule has 1 nitrogen and oxygen atoms in total. The maximum absolute atomic E-state index is 11.9. The van der Waals surface area contributed by atoms with Crippen molar-refractivity contribution < 1.29 is 4.79 Å². The molecule has 0 aliphatic heterocycles. The summed E-state index contributed by atoms with van der Waals surface area (Å²) in [4.78, 5) is 12.0. The minimum atomic E-state index is 0.0463. The fourth-order valence-electron chi connectivity index (χ4n) is 1.63. The molecule has 0 aliphatic carbocycles. The third-order valence-electron chi connectivity index (χ3n) is 2.74. The molecular weight excluding hydrogens is 332 g/mol. The summed E-state index contributed by atoms with van der Waals surface area (Å²) in [7, 11) is 0. The molecule has 2 unspecified atom stereocenters. The minimum absolute atomic E-state index is 0.0463. The van der Waals surface area contributed by atoms with Crippen molar-refractivity contribution in [2.45, 2.75) is 74.9 Å². The Labute approximate surface area is 117 Å². The molecule has 0 aromatic heterocycles. The van der Waals surface area contributed by atoms with Gasteiger partial charge in [-0.25, -0.2) is 0 Å². The number of carbonyl (C=O) groups excluding carboxylic acids is 1. The molecule has 0 rings (SSSR count). The fourth-order valence-corrected chi connectivity index (χ4v) is 3.27. The number of ketones is 1. The normalized spacial score (nSPS) is 14.8. The minimum Gasteiger partial charge on any atom is -0.297 e. The molecule has 0 saturated heterocycles. The zero-order valence-corrected chi connectivity index (χ0v) is 13.6. The first-order valence-corrected chi connectivity index (χ1v) is 8.28. The molecule has 0 amide bonds. The Kier molecular flexibility index (Phi) is 11.2. The molecule has 0 N–H and O–H groups in total. The van der Waals surface area contributed by atoms with Crippen molar-refractivity contribution >= 4 is 37.6 Å². The number of hydrogen-bond donors (Lipinski definition) is 0. The van der Waals surface area contributed by atoms with E-state index in [-0.39, 0.29) is 9.65 Å². The average Bonchev–Trinajstić information content (AvgIpc) is 2.28. The number of carbonyl (C=O) groups is 1. The topological polar surface area (TPSA) is 17.1 Å². The Morgan fingerprint density at radius 3 is 1.56 bits per heavy atom. The van der Waals surface area contributed by atoms with Gasteiger partial charge in [-0.2, -0.15) is 0 Å². The van der Waals surface area contributed by atoms with E-state index in [0.717, 1.165) is 25.7 Å². The van der Waals surface area contributed by atoms with Crippen LogP contribution in [0.3, 0.4) is 0 Å². The van der Waals surface area contributed by atoms with E-state index in [0.29, 0.717) is 5.78 Å². The quantitative estimate of drug-likeness (QED) is 0.386. The highest BCUT2D eigenvalue weighted by Gasteiger charge is 2.21. The summed E-state index contributed by atoms with van der Waals surface area (Å²) in [5, 5.41) is 0. The van der Waals surface area contributed by atoms with Crippen molar-refractivity contribution in [3.63, 3.8) is 0 Å². The first-order valence-electron chi connectivity index (χ1n) is 6.45. The molecule has 0 heterocycles. The van der Waals surface area contributed by atoms with E-state index in [9.17, 15) is 4.79 Å². The van der Waals surface area contributed by atoms with Crippen LogP contribution in [-0.2, 0) is 4.79 Å². The molecule has 0 spiro atoms. The molecular formula is C13H24Br2O. The summed E-state index contributed by atoms with van der Waals surface area (Å²) < 4.78 is 0. The lowest BCUT2D eigenvalue weighted by Crippen LogP contribution is -2.24. The molecule has 3 heteroatoms. The molecule has 0 saturated carbocycles. The predicted molar refractivity (Wildman–Crippen MR) is 78.7 cm³/mol. The number of hydrogen-bond acceptors (Lipinski definition) is 1. The number of halogens is 2. The summed E-state index contributed by atoms with van der Waals surface area (Å²) in [5.74, 6) is 0.326. The summed E-state index contributed by atoms with van der Waals surface area (Å²) >= 11 is 7.01. The summed E-state index contributed by atoms with van der Waals surface area (Å²) in [6.07, 6.45) is 9.10. The highest BCUT2D eigenvalue weighted by Crippen LogP contribution is 2.20. The van der Waals surface area contributed by atoms with Crippen LogP contribution in [0.2, 0.25) is 0 Å². The monoisotopic (exact) mass is 354 g/mol. The first-order chi connectivity index (χ1) is 7.63. The molecule has 2 atom stereocenters. The van der Waals surface area contributed by atoms with Gasteiger partial charge in [0.15, 0.2) is 5.78 Å². The fraction of sp³-hybridized carbons (Fsp3) is 0.923. The van der Waals surface area contributed by atoms with E-state index < -0.39 is 0 Å². The van der Waals surface area contributed by atoms with Gasteiger partial charge in [0.05, 0.1) is 9.65 Å². The van der Waals surface area contributed by atoms with Crippen molar-refractivity contribution in [1.29, 1.82) is 0 Å². The maximum Gasteiger partial charge on any atom is 0.160 e. The van der Waals surface area contributed by atoms with Crippen molar-refractivity contribution in [3.8, 4) is 0 Å². The Bertz CT molecular complexity index is 165. The van der Waals surface area contributed by atoms with Crippen LogP contribution < -0.4 is 0 Å². The van der Waals surface area contributed by atoms with Crippen LogP contribution in [0.1, 0.15) is 65.2 Å². The van der Waals surface area contributed by atoms with Crippen LogP contribution in [0.4, 0.5) is 0 Å². The van der Waals surface area contributed by atoms with E-state index >= 15 is 0 Å². The van der Waals surface area contributed by atoms with Crippen molar-refractivity contribution in [2.75, 3.05) is 0 Å². The number of unbranched alkanes of at least 4 members (excludes halogenated alkanes) is 4. The summed E-state index contributed by atoms with van der Waals surface area (Å²) in [6.45, 7) is 4.37. The Hall–Kier alpha value is 0.630. The van der Waals surface area contributed by atoms with Gasteiger partial charge in [-0.05, 0) is 12.8 Å². The van der Waals surface area contributed by atoms with Crippen LogP contribution in [0.15, 0.2) is 0 Å². The Morgan fingerprint density at radius 2 is 1.25 bits per heavy atom. The van der Waals surface area contributed by atoms with Gasteiger partial charge in [-0.1, -0.05) is 84.2 Å². The van der Waals surface area contributed by atoms with Gasteiger partial charge in [-0.3, -0.25) is 4.79 Å². The van der Waals surface area contributed by atoms with Crippen molar-refractivity contribution in [3.05, 3.63) is 0 Å². The van der Waals surface area contributed by atoms with Gasteiger partial charge in [-0.15, -0.1) is 0 Å². The lowest BCUT2D eigenvalue weighted by molar-refractivity contribution is -0.118. The van der Waals surface area contributed by atoms with Crippen LogP contribution in [0, 0.1) is 0 Å². The number of rotatable bonds is 10. The molecule has 96 valence electrons. The highest BCUT2D eigenvalue weighted by atomic mass is 79.9. The lowest BCUT2D eigenvalue weighted by Gasteiger charge is -2.13. The Morgan fingerprint density at radius 1 is 0.875 bits per heavy atom. The first kappa shape index (κ1) is 16.6. The maximum atomic E-state index is 11.9. The van der Waals surface area contributed by atoms with Crippen LogP contribution in [-0.4, -0.2) is 15.4 Å². The zero-order valence-electron chi connectivity index (χ0n) is 10.5. The van der Waals surface area contributed by atoms with E-state index in [4.69, 9.17) is 0 Å². The Balaban J connectivity index is 3.73. The smallest absolute Gasteiger partial charge is 0.160 e. The molecule has 16 heavy (non-hydrogen) atoms. The van der Waals surface area contributed by atoms with E-state index in [1.54, 1.807) is 0 Å². The lowest BCUT2D eigenvalue weighted by atomic mass is 10.0. The largest absolute Gasteiger partial charge is 0.297 e.